The van der Waals surface area contributed by atoms with Gasteiger partial charge >= 0.3 is 0 Å². The van der Waals surface area contributed by atoms with Gasteiger partial charge in [0, 0.05) is 12.7 Å². The number of fused-ring (bicyclic) bond motifs is 1. The standard InChI is InChI=1S/C22H20N4O2S2/c1-3-23-19-16(20(27)25-11-5-4-6-18(25)24-19)12-17-21(28)26(22(29)30-17)13-15-9-7-14(2)8-10-15/h4-12,23H,3,13H2,1-2H3/b17-12+. The van der Waals surface area contributed by atoms with Crippen LogP contribution in [0.1, 0.15) is 23.6 Å². The van der Waals surface area contributed by atoms with Crippen molar-refractivity contribution in [2.24, 2.45) is 0 Å². The second-order valence-electron chi connectivity index (χ2n) is 6.89. The minimum Gasteiger partial charge on any atom is -0.370 e. The number of rotatable bonds is 5. The van der Waals surface area contributed by atoms with Crippen molar-refractivity contribution in [1.29, 1.82) is 0 Å². The van der Waals surface area contributed by atoms with E-state index in [0.29, 0.717) is 39.3 Å². The fourth-order valence-corrected chi connectivity index (χ4v) is 4.42. The van der Waals surface area contributed by atoms with Gasteiger partial charge in [-0.25, -0.2) is 4.98 Å². The van der Waals surface area contributed by atoms with Crippen molar-refractivity contribution < 1.29 is 4.79 Å². The normalized spacial score (nSPS) is 15.4. The number of hydrogen-bond acceptors (Lipinski definition) is 6. The summed E-state index contributed by atoms with van der Waals surface area (Å²) in [4.78, 5) is 32.6. The second kappa shape index (κ2) is 8.41. The molecule has 0 radical (unpaired) electrons. The number of aromatic nitrogens is 2. The Morgan fingerprint density at radius 3 is 2.67 bits per heavy atom. The van der Waals surface area contributed by atoms with E-state index < -0.39 is 0 Å². The van der Waals surface area contributed by atoms with E-state index >= 15 is 0 Å². The fourth-order valence-electron chi connectivity index (χ4n) is 3.18. The van der Waals surface area contributed by atoms with Crippen molar-refractivity contribution in [2.75, 3.05) is 11.9 Å². The zero-order valence-corrected chi connectivity index (χ0v) is 18.2. The zero-order valence-electron chi connectivity index (χ0n) is 16.6. The first-order valence-electron chi connectivity index (χ1n) is 9.54. The molecule has 0 unspecified atom stereocenters. The lowest BCUT2D eigenvalue weighted by molar-refractivity contribution is -0.122. The van der Waals surface area contributed by atoms with Crippen molar-refractivity contribution >= 4 is 51.7 Å². The predicted octanol–water partition coefficient (Wildman–Crippen LogP) is 3.84. The number of hydrogen-bond donors (Lipinski definition) is 1. The Morgan fingerprint density at radius 2 is 1.93 bits per heavy atom. The molecule has 1 aliphatic rings. The Morgan fingerprint density at radius 1 is 1.17 bits per heavy atom. The average Bonchev–Trinajstić information content (AvgIpc) is 3.00. The number of carbonyl (C=O) groups is 1. The van der Waals surface area contributed by atoms with E-state index in [0.717, 1.165) is 11.1 Å². The maximum atomic E-state index is 13.1. The lowest BCUT2D eigenvalue weighted by atomic mass is 10.1. The number of carbonyl (C=O) groups excluding carboxylic acids is 1. The van der Waals surface area contributed by atoms with E-state index in [4.69, 9.17) is 12.2 Å². The topological polar surface area (TPSA) is 66.7 Å². The molecule has 0 aliphatic carbocycles. The van der Waals surface area contributed by atoms with Gasteiger partial charge in [0.15, 0.2) is 0 Å². The number of pyridine rings is 1. The molecule has 8 heteroatoms. The Balaban J connectivity index is 1.72. The zero-order chi connectivity index (χ0) is 21.3. The molecule has 1 N–H and O–H groups in total. The number of aryl methyl sites for hydroxylation is 1. The molecule has 0 spiro atoms. The lowest BCUT2D eigenvalue weighted by Crippen LogP contribution is -2.27. The van der Waals surface area contributed by atoms with Crippen molar-refractivity contribution in [3.8, 4) is 0 Å². The van der Waals surface area contributed by atoms with Crippen molar-refractivity contribution in [3.63, 3.8) is 0 Å². The summed E-state index contributed by atoms with van der Waals surface area (Å²) in [7, 11) is 0. The summed E-state index contributed by atoms with van der Waals surface area (Å²) in [5.74, 6) is 0.253. The summed E-state index contributed by atoms with van der Waals surface area (Å²) in [5, 5.41) is 3.13. The number of amides is 1. The molecule has 1 aromatic carbocycles. The van der Waals surface area contributed by atoms with Gasteiger partial charge in [-0.1, -0.05) is 59.9 Å². The predicted molar refractivity (Wildman–Crippen MR) is 126 cm³/mol. The van der Waals surface area contributed by atoms with E-state index in [-0.39, 0.29) is 11.5 Å². The van der Waals surface area contributed by atoms with Crippen LogP contribution in [0.5, 0.6) is 0 Å². The first kappa shape index (κ1) is 20.3. The first-order valence-corrected chi connectivity index (χ1v) is 10.8. The summed E-state index contributed by atoms with van der Waals surface area (Å²) in [6.07, 6.45) is 3.27. The van der Waals surface area contributed by atoms with Crippen LogP contribution in [0.3, 0.4) is 0 Å². The van der Waals surface area contributed by atoms with Crippen LogP contribution in [-0.4, -0.2) is 31.1 Å². The molecule has 1 fully saturated rings. The Hall–Kier alpha value is -2.97. The number of anilines is 1. The van der Waals surface area contributed by atoms with Gasteiger partial charge in [0.05, 0.1) is 17.0 Å². The number of benzene rings is 1. The molecule has 152 valence electrons. The number of thiocarbonyl (C=S) groups is 1. The lowest BCUT2D eigenvalue weighted by Gasteiger charge is -2.14. The number of nitrogens with one attached hydrogen (secondary N) is 1. The largest absolute Gasteiger partial charge is 0.370 e. The number of nitrogens with zero attached hydrogens (tertiary/aromatic N) is 3. The molecule has 0 saturated carbocycles. The van der Waals surface area contributed by atoms with Crippen LogP contribution < -0.4 is 10.9 Å². The summed E-state index contributed by atoms with van der Waals surface area (Å²) in [5.41, 5.74) is 2.81. The molecule has 0 bridgehead atoms. The average molecular weight is 437 g/mol. The Bertz CT molecular complexity index is 1230. The Labute approximate surface area is 183 Å². The van der Waals surface area contributed by atoms with E-state index in [9.17, 15) is 9.59 Å². The minimum absolute atomic E-state index is 0.203. The SMILES string of the molecule is CCNc1nc2ccccn2c(=O)c1/C=C1/SC(=S)N(Cc2ccc(C)cc2)C1=O. The monoisotopic (exact) mass is 436 g/mol. The van der Waals surface area contributed by atoms with Gasteiger partial charge in [0.25, 0.3) is 11.5 Å². The molecule has 3 aromatic rings. The van der Waals surface area contributed by atoms with E-state index in [1.807, 2.05) is 44.2 Å². The molecule has 6 nitrogen and oxygen atoms in total. The van der Waals surface area contributed by atoms with Crippen LogP contribution in [0.15, 0.2) is 58.4 Å². The first-order chi connectivity index (χ1) is 14.5. The van der Waals surface area contributed by atoms with Crippen LogP contribution >= 0.6 is 24.0 Å². The summed E-state index contributed by atoms with van der Waals surface area (Å²) in [6, 6.07) is 13.4. The molecule has 3 heterocycles. The van der Waals surface area contributed by atoms with Gasteiger partial charge < -0.3 is 5.32 Å². The highest BCUT2D eigenvalue weighted by Crippen LogP contribution is 2.34. The maximum absolute atomic E-state index is 13.1. The summed E-state index contributed by atoms with van der Waals surface area (Å²) >= 11 is 6.65. The van der Waals surface area contributed by atoms with Gasteiger partial charge in [-0.15, -0.1) is 0 Å². The smallest absolute Gasteiger partial charge is 0.267 e. The molecule has 30 heavy (non-hydrogen) atoms. The third-order valence-electron chi connectivity index (χ3n) is 4.72. The second-order valence-corrected chi connectivity index (χ2v) is 8.57. The van der Waals surface area contributed by atoms with Crippen LogP contribution in [0.4, 0.5) is 5.82 Å². The molecule has 1 saturated heterocycles. The molecular weight excluding hydrogens is 416 g/mol. The minimum atomic E-state index is -0.236. The van der Waals surface area contributed by atoms with E-state index in [2.05, 4.69) is 10.3 Å². The van der Waals surface area contributed by atoms with Crippen molar-refractivity contribution in [2.45, 2.75) is 20.4 Å². The molecule has 1 aliphatic heterocycles. The third-order valence-corrected chi connectivity index (χ3v) is 6.10. The fraction of sp³-hybridized carbons (Fsp3) is 0.182. The van der Waals surface area contributed by atoms with Gasteiger partial charge in [-0.2, -0.15) is 0 Å². The van der Waals surface area contributed by atoms with Gasteiger partial charge in [-0.05, 0) is 37.6 Å². The summed E-state index contributed by atoms with van der Waals surface area (Å²) < 4.78 is 1.95. The maximum Gasteiger partial charge on any atom is 0.267 e. The van der Waals surface area contributed by atoms with Crippen molar-refractivity contribution in [1.82, 2.24) is 14.3 Å². The van der Waals surface area contributed by atoms with Crippen LogP contribution in [0.2, 0.25) is 0 Å². The van der Waals surface area contributed by atoms with Gasteiger partial charge in [-0.3, -0.25) is 18.9 Å². The molecular formula is C22H20N4O2S2. The van der Waals surface area contributed by atoms with Crippen LogP contribution in [-0.2, 0) is 11.3 Å². The van der Waals surface area contributed by atoms with Crippen LogP contribution in [0, 0.1) is 6.92 Å². The van der Waals surface area contributed by atoms with Gasteiger partial charge in [0.1, 0.15) is 15.8 Å². The van der Waals surface area contributed by atoms with E-state index in [1.165, 1.54) is 16.2 Å². The highest BCUT2D eigenvalue weighted by atomic mass is 32.2. The van der Waals surface area contributed by atoms with Crippen LogP contribution in [0.25, 0.3) is 11.7 Å². The molecule has 4 rings (SSSR count). The Kier molecular flexibility index (Phi) is 5.69. The highest BCUT2D eigenvalue weighted by molar-refractivity contribution is 8.26. The molecule has 1 amide bonds. The highest BCUT2D eigenvalue weighted by Gasteiger charge is 2.32. The molecule has 2 aromatic heterocycles. The number of thioether (sulfide) groups is 1. The van der Waals surface area contributed by atoms with Crippen molar-refractivity contribution in [3.05, 3.63) is 80.6 Å². The molecule has 0 atom stereocenters. The quantitative estimate of drug-likeness (QED) is 0.484. The summed E-state index contributed by atoms with van der Waals surface area (Å²) in [6.45, 7) is 4.95. The van der Waals surface area contributed by atoms with Gasteiger partial charge in [0.2, 0.25) is 0 Å². The third kappa shape index (κ3) is 3.88. The van der Waals surface area contributed by atoms with E-state index in [1.54, 1.807) is 29.3 Å².